The van der Waals surface area contributed by atoms with E-state index in [0.29, 0.717) is 6.54 Å². The maximum atomic E-state index is 11.5. The van der Waals surface area contributed by atoms with E-state index in [1.165, 1.54) is 0 Å². The first kappa shape index (κ1) is 12.9. The Morgan fingerprint density at radius 1 is 1.44 bits per heavy atom. The lowest BCUT2D eigenvalue weighted by atomic mass is 10.2. The molecule has 0 aromatic heterocycles. The van der Waals surface area contributed by atoms with Crippen molar-refractivity contribution in [1.29, 1.82) is 0 Å². The van der Waals surface area contributed by atoms with Gasteiger partial charge in [0.2, 0.25) is 0 Å². The number of carbonyl (C=O) groups excluding carboxylic acids is 1. The minimum absolute atomic E-state index is 0.0328. The zero-order valence-corrected chi connectivity index (χ0v) is 10.1. The number of nitrogens with one attached hydrogen (secondary N) is 2. The van der Waals surface area contributed by atoms with Crippen molar-refractivity contribution in [3.8, 4) is 0 Å². The zero-order chi connectivity index (χ0) is 12.8. The summed E-state index contributed by atoms with van der Waals surface area (Å²) in [6.07, 6.45) is 0.320. The molecule has 0 radical (unpaired) electrons. The van der Waals surface area contributed by atoms with E-state index in [-0.39, 0.29) is 25.3 Å². The molecule has 18 heavy (non-hydrogen) atoms. The summed E-state index contributed by atoms with van der Waals surface area (Å²) in [5.41, 5.74) is 0.963. The molecule has 98 valence electrons. The van der Waals surface area contributed by atoms with E-state index >= 15 is 0 Å². The lowest BCUT2D eigenvalue weighted by Crippen LogP contribution is -2.36. The summed E-state index contributed by atoms with van der Waals surface area (Å²) in [6.45, 7) is 1.04. The highest BCUT2D eigenvalue weighted by atomic mass is 16.5. The Hall–Kier alpha value is -1.59. The number of amides is 1. The van der Waals surface area contributed by atoms with E-state index in [1.807, 2.05) is 30.3 Å². The molecule has 0 saturated carbocycles. The van der Waals surface area contributed by atoms with Gasteiger partial charge in [-0.3, -0.25) is 0 Å². The molecule has 0 spiro atoms. The van der Waals surface area contributed by atoms with E-state index in [4.69, 9.17) is 9.84 Å². The van der Waals surface area contributed by atoms with Gasteiger partial charge in [0.15, 0.2) is 0 Å². The fraction of sp³-hybridized carbons (Fsp3) is 0.462. The first-order chi connectivity index (χ1) is 8.78. The molecule has 5 nitrogen and oxygen atoms in total. The average Bonchev–Trinajstić information content (AvgIpc) is 2.85. The van der Waals surface area contributed by atoms with Gasteiger partial charge in [0, 0.05) is 18.6 Å². The van der Waals surface area contributed by atoms with Crippen LogP contribution in [-0.4, -0.2) is 36.4 Å². The molecule has 0 aliphatic carbocycles. The number of rotatable bonds is 4. The minimum atomic E-state index is -0.413. The van der Waals surface area contributed by atoms with Crippen LogP contribution in [0.2, 0.25) is 0 Å². The third-order valence-electron chi connectivity index (χ3n) is 2.98. The summed E-state index contributed by atoms with van der Waals surface area (Å²) in [5.74, 6) is 0. The molecule has 1 aromatic carbocycles. The van der Waals surface area contributed by atoms with E-state index < -0.39 is 6.09 Å². The second kappa shape index (κ2) is 6.37. The van der Waals surface area contributed by atoms with Crippen molar-refractivity contribution in [2.45, 2.75) is 25.1 Å². The number of aliphatic hydroxyl groups excluding tert-OH is 1. The minimum Gasteiger partial charge on any atom is -0.445 e. The van der Waals surface area contributed by atoms with Crippen molar-refractivity contribution >= 4 is 6.09 Å². The highest BCUT2D eigenvalue weighted by Crippen LogP contribution is 2.06. The lowest BCUT2D eigenvalue weighted by molar-refractivity contribution is 0.136. The summed E-state index contributed by atoms with van der Waals surface area (Å²) in [5, 5.41) is 14.9. The molecule has 1 aliphatic rings. The highest BCUT2D eigenvalue weighted by molar-refractivity contribution is 5.67. The van der Waals surface area contributed by atoms with Crippen LogP contribution in [0.1, 0.15) is 12.0 Å². The number of benzene rings is 1. The summed E-state index contributed by atoms with van der Waals surface area (Å²) < 4.78 is 5.12. The normalized spacial score (nSPS) is 22.7. The zero-order valence-electron chi connectivity index (χ0n) is 10.1. The Morgan fingerprint density at radius 3 is 2.89 bits per heavy atom. The first-order valence-electron chi connectivity index (χ1n) is 6.09. The van der Waals surface area contributed by atoms with Gasteiger partial charge in [-0.2, -0.15) is 0 Å². The number of hydrogen-bond donors (Lipinski definition) is 3. The molecule has 0 unspecified atom stereocenters. The maximum Gasteiger partial charge on any atom is 0.407 e. The van der Waals surface area contributed by atoms with Gasteiger partial charge in [0.25, 0.3) is 0 Å². The molecule has 1 amide bonds. The van der Waals surface area contributed by atoms with Crippen LogP contribution in [-0.2, 0) is 11.3 Å². The molecular formula is C13H18N2O3. The van der Waals surface area contributed by atoms with Crippen molar-refractivity contribution in [2.24, 2.45) is 0 Å². The van der Waals surface area contributed by atoms with Crippen molar-refractivity contribution in [1.82, 2.24) is 10.6 Å². The summed E-state index contributed by atoms with van der Waals surface area (Å²) in [6, 6.07) is 9.66. The van der Waals surface area contributed by atoms with Crippen LogP contribution in [0.5, 0.6) is 0 Å². The van der Waals surface area contributed by atoms with Crippen LogP contribution < -0.4 is 10.6 Å². The molecule has 1 fully saturated rings. The van der Waals surface area contributed by atoms with Gasteiger partial charge in [-0.15, -0.1) is 0 Å². The molecule has 2 rings (SSSR count). The van der Waals surface area contributed by atoms with Gasteiger partial charge in [-0.25, -0.2) is 4.79 Å². The predicted molar refractivity (Wildman–Crippen MR) is 67.0 cm³/mol. The molecule has 1 saturated heterocycles. The quantitative estimate of drug-likeness (QED) is 0.733. The smallest absolute Gasteiger partial charge is 0.407 e. The SMILES string of the molecule is O=C(N[C@@H]1CN[C@@H](CO)C1)OCc1ccccc1. The maximum absolute atomic E-state index is 11.5. The molecule has 1 aliphatic heterocycles. The van der Waals surface area contributed by atoms with Crippen LogP contribution in [0.25, 0.3) is 0 Å². The number of carbonyl (C=O) groups is 1. The molecule has 3 N–H and O–H groups in total. The van der Waals surface area contributed by atoms with Gasteiger partial charge in [-0.1, -0.05) is 30.3 Å². The van der Waals surface area contributed by atoms with Crippen LogP contribution in [0.3, 0.4) is 0 Å². The molecule has 1 aromatic rings. The highest BCUT2D eigenvalue weighted by Gasteiger charge is 2.24. The van der Waals surface area contributed by atoms with Crippen molar-refractivity contribution in [2.75, 3.05) is 13.2 Å². The number of hydrogen-bond acceptors (Lipinski definition) is 4. The Balaban J connectivity index is 1.70. The summed E-state index contributed by atoms with van der Waals surface area (Å²) in [7, 11) is 0. The van der Waals surface area contributed by atoms with E-state index in [0.717, 1.165) is 12.0 Å². The first-order valence-corrected chi connectivity index (χ1v) is 6.09. The molecule has 0 bridgehead atoms. The van der Waals surface area contributed by atoms with Crippen LogP contribution >= 0.6 is 0 Å². The Morgan fingerprint density at radius 2 is 2.22 bits per heavy atom. The fourth-order valence-electron chi connectivity index (χ4n) is 2.00. The predicted octanol–water partition coefficient (Wildman–Crippen LogP) is 0.636. The third kappa shape index (κ3) is 3.72. The lowest BCUT2D eigenvalue weighted by Gasteiger charge is -2.12. The Bertz CT molecular complexity index is 383. The second-order valence-electron chi connectivity index (χ2n) is 4.43. The van der Waals surface area contributed by atoms with Crippen molar-refractivity contribution < 1.29 is 14.6 Å². The van der Waals surface area contributed by atoms with Crippen LogP contribution in [0, 0.1) is 0 Å². The average molecular weight is 250 g/mol. The van der Waals surface area contributed by atoms with Crippen LogP contribution in [0.15, 0.2) is 30.3 Å². The number of alkyl carbamates (subject to hydrolysis) is 1. The van der Waals surface area contributed by atoms with Gasteiger partial charge in [0.1, 0.15) is 6.61 Å². The largest absolute Gasteiger partial charge is 0.445 e. The van der Waals surface area contributed by atoms with Gasteiger partial charge < -0.3 is 20.5 Å². The molecule has 1 heterocycles. The Labute approximate surface area is 106 Å². The third-order valence-corrected chi connectivity index (χ3v) is 2.98. The second-order valence-corrected chi connectivity index (χ2v) is 4.43. The summed E-state index contributed by atoms with van der Waals surface area (Å²) in [4.78, 5) is 11.5. The molecular weight excluding hydrogens is 232 g/mol. The van der Waals surface area contributed by atoms with Gasteiger partial charge in [-0.05, 0) is 12.0 Å². The van der Waals surface area contributed by atoms with Gasteiger partial charge >= 0.3 is 6.09 Å². The van der Waals surface area contributed by atoms with E-state index in [1.54, 1.807) is 0 Å². The Kier molecular flexibility index (Phi) is 4.55. The fourth-order valence-corrected chi connectivity index (χ4v) is 2.00. The van der Waals surface area contributed by atoms with E-state index in [2.05, 4.69) is 10.6 Å². The molecule has 2 atom stereocenters. The topological polar surface area (TPSA) is 70.6 Å². The van der Waals surface area contributed by atoms with Crippen molar-refractivity contribution in [3.63, 3.8) is 0 Å². The van der Waals surface area contributed by atoms with Crippen molar-refractivity contribution in [3.05, 3.63) is 35.9 Å². The monoisotopic (exact) mass is 250 g/mol. The molecule has 5 heteroatoms. The van der Waals surface area contributed by atoms with Gasteiger partial charge in [0.05, 0.1) is 6.61 Å². The number of ether oxygens (including phenoxy) is 1. The summed E-state index contributed by atoms with van der Waals surface area (Å²) >= 11 is 0. The van der Waals surface area contributed by atoms with Crippen LogP contribution in [0.4, 0.5) is 4.79 Å². The number of aliphatic hydroxyl groups is 1. The van der Waals surface area contributed by atoms with E-state index in [9.17, 15) is 4.79 Å². The standard InChI is InChI=1S/C13H18N2O3/c16-8-12-6-11(7-14-12)15-13(17)18-9-10-4-2-1-3-5-10/h1-5,11-12,14,16H,6-9H2,(H,15,17)/t11-,12+/m0/s1.